The third-order valence-electron chi connectivity index (χ3n) is 6.53. The third-order valence-corrected chi connectivity index (χ3v) is 8.31. The van der Waals surface area contributed by atoms with Gasteiger partial charge < -0.3 is 15.0 Å². The van der Waals surface area contributed by atoms with Crippen LogP contribution in [-0.2, 0) is 26.2 Å². The number of sulfonamides is 1. The van der Waals surface area contributed by atoms with Crippen LogP contribution in [-0.4, -0.2) is 50.9 Å². The Kier molecular flexibility index (Phi) is 10.3. The number of hydrogen-bond donors (Lipinski definition) is 1. The molecule has 3 aromatic rings. The summed E-state index contributed by atoms with van der Waals surface area (Å²) in [6.45, 7) is 8.91. The highest BCUT2D eigenvalue weighted by Crippen LogP contribution is 2.28. The molecule has 2 amide bonds. The quantitative estimate of drug-likeness (QED) is 0.339. The van der Waals surface area contributed by atoms with Gasteiger partial charge in [-0.25, -0.2) is 8.42 Å². The minimum atomic E-state index is -4.11. The van der Waals surface area contributed by atoms with Crippen molar-refractivity contribution in [3.8, 4) is 5.75 Å². The lowest BCUT2D eigenvalue weighted by molar-refractivity contribution is -0.140. The zero-order valence-electron chi connectivity index (χ0n) is 24.0. The molecule has 9 heteroatoms. The molecule has 8 nitrogen and oxygen atoms in total. The van der Waals surface area contributed by atoms with Gasteiger partial charge in [0.25, 0.3) is 10.0 Å². The summed E-state index contributed by atoms with van der Waals surface area (Å²) in [5.41, 5.74) is 2.85. The van der Waals surface area contributed by atoms with Crippen molar-refractivity contribution in [1.82, 2.24) is 10.2 Å². The molecule has 0 saturated heterocycles. The Labute approximate surface area is 238 Å². The predicted octanol–water partition coefficient (Wildman–Crippen LogP) is 4.84. The fraction of sp³-hybridized carbons (Fsp3) is 0.355. The molecule has 0 aliphatic heterocycles. The van der Waals surface area contributed by atoms with E-state index >= 15 is 0 Å². The molecule has 0 aromatic heterocycles. The molecule has 0 unspecified atom stereocenters. The Morgan fingerprint density at radius 2 is 1.65 bits per heavy atom. The molecular weight excluding hydrogens is 526 g/mol. The number of ether oxygens (including phenoxy) is 1. The van der Waals surface area contributed by atoms with Crippen LogP contribution < -0.4 is 14.4 Å². The number of methoxy groups -OCH3 is 1. The summed E-state index contributed by atoms with van der Waals surface area (Å²) in [7, 11) is -2.55. The smallest absolute Gasteiger partial charge is 0.264 e. The fourth-order valence-corrected chi connectivity index (χ4v) is 6.09. The third kappa shape index (κ3) is 7.41. The minimum Gasteiger partial charge on any atom is -0.497 e. The fourth-order valence-electron chi connectivity index (χ4n) is 4.59. The summed E-state index contributed by atoms with van der Waals surface area (Å²) in [6.07, 6.45) is 0.350. The van der Waals surface area contributed by atoms with Crippen LogP contribution in [0, 0.1) is 13.8 Å². The average molecular weight is 566 g/mol. The van der Waals surface area contributed by atoms with Gasteiger partial charge in [0.15, 0.2) is 0 Å². The van der Waals surface area contributed by atoms with Gasteiger partial charge in [0, 0.05) is 12.6 Å². The van der Waals surface area contributed by atoms with Crippen LogP contribution in [0.4, 0.5) is 5.69 Å². The molecule has 0 radical (unpaired) electrons. The number of carbonyl (C=O) groups is 2. The van der Waals surface area contributed by atoms with Gasteiger partial charge in [-0.3, -0.25) is 13.9 Å². The number of amides is 2. The molecule has 3 rings (SSSR count). The minimum absolute atomic E-state index is 0.0757. The summed E-state index contributed by atoms with van der Waals surface area (Å²) in [5.74, 6) is -0.168. The van der Waals surface area contributed by atoms with Crippen LogP contribution in [0.2, 0.25) is 0 Å². The number of aryl methyl sites for hydroxylation is 2. The van der Waals surface area contributed by atoms with E-state index in [1.54, 1.807) is 43.5 Å². The number of hydrogen-bond acceptors (Lipinski definition) is 5. The lowest BCUT2D eigenvalue weighted by atomic mass is 10.1. The van der Waals surface area contributed by atoms with E-state index in [1.807, 2.05) is 58.9 Å². The molecule has 0 fully saturated rings. The van der Waals surface area contributed by atoms with Crippen LogP contribution in [0.25, 0.3) is 0 Å². The largest absolute Gasteiger partial charge is 0.497 e. The standard InChI is InChI=1S/C31H39N3O5S/c1-7-28(31(36)32-22(2)3)33(20-25-12-11-13-26(19-25)39-6)30(35)21-34(29-17-16-23(4)18-24(29)5)40(37,38)27-14-9-8-10-15-27/h8-19,22,28H,7,20-21H2,1-6H3,(H,32,36)/t28-/m1/s1. The monoisotopic (exact) mass is 565 g/mol. The van der Waals surface area contributed by atoms with Gasteiger partial charge in [-0.2, -0.15) is 0 Å². The van der Waals surface area contributed by atoms with Crippen molar-refractivity contribution in [3.05, 3.63) is 89.5 Å². The maximum absolute atomic E-state index is 14.1. The second-order valence-electron chi connectivity index (χ2n) is 10.1. The van der Waals surface area contributed by atoms with E-state index < -0.39 is 28.5 Å². The van der Waals surface area contributed by atoms with Gasteiger partial charge in [-0.05, 0) is 75.6 Å². The Morgan fingerprint density at radius 1 is 0.950 bits per heavy atom. The molecule has 1 N–H and O–H groups in total. The van der Waals surface area contributed by atoms with Gasteiger partial charge >= 0.3 is 0 Å². The zero-order chi connectivity index (χ0) is 29.4. The molecule has 0 bridgehead atoms. The molecule has 3 aromatic carbocycles. The predicted molar refractivity (Wildman–Crippen MR) is 158 cm³/mol. The molecule has 0 spiro atoms. The highest BCUT2D eigenvalue weighted by Gasteiger charge is 2.34. The van der Waals surface area contributed by atoms with Gasteiger partial charge in [0.1, 0.15) is 18.3 Å². The second kappa shape index (κ2) is 13.5. The number of carbonyl (C=O) groups excluding carboxylic acids is 2. The van der Waals surface area contributed by atoms with E-state index in [2.05, 4.69) is 5.32 Å². The van der Waals surface area contributed by atoms with Crippen molar-refractivity contribution in [1.29, 1.82) is 0 Å². The Balaban J connectivity index is 2.09. The van der Waals surface area contributed by atoms with Crippen molar-refractivity contribution in [2.24, 2.45) is 0 Å². The van der Waals surface area contributed by atoms with Crippen molar-refractivity contribution >= 4 is 27.5 Å². The highest BCUT2D eigenvalue weighted by atomic mass is 32.2. The zero-order valence-corrected chi connectivity index (χ0v) is 24.9. The van der Waals surface area contributed by atoms with E-state index in [0.29, 0.717) is 17.9 Å². The first-order valence-corrected chi connectivity index (χ1v) is 14.8. The number of nitrogens with zero attached hydrogens (tertiary/aromatic N) is 2. The topological polar surface area (TPSA) is 96.0 Å². The normalized spacial score (nSPS) is 12.1. The Bertz CT molecular complexity index is 1420. The van der Waals surface area contributed by atoms with Crippen LogP contribution in [0.1, 0.15) is 43.9 Å². The van der Waals surface area contributed by atoms with E-state index in [4.69, 9.17) is 4.74 Å². The first kappa shape index (κ1) is 30.7. The van der Waals surface area contributed by atoms with Gasteiger partial charge in [-0.15, -0.1) is 0 Å². The lowest BCUT2D eigenvalue weighted by Gasteiger charge is -2.34. The maximum Gasteiger partial charge on any atom is 0.264 e. The van der Waals surface area contributed by atoms with Crippen LogP contribution in [0.5, 0.6) is 5.75 Å². The van der Waals surface area contributed by atoms with E-state index in [0.717, 1.165) is 21.0 Å². The Morgan fingerprint density at radius 3 is 2.25 bits per heavy atom. The summed E-state index contributed by atoms with van der Waals surface area (Å²) in [6, 6.07) is 19.8. The van der Waals surface area contributed by atoms with Crippen molar-refractivity contribution in [2.45, 2.75) is 64.6 Å². The van der Waals surface area contributed by atoms with Crippen molar-refractivity contribution in [3.63, 3.8) is 0 Å². The highest BCUT2D eigenvalue weighted by molar-refractivity contribution is 7.92. The first-order valence-electron chi connectivity index (χ1n) is 13.4. The SMILES string of the molecule is CC[C@H](C(=O)NC(C)C)N(Cc1cccc(OC)c1)C(=O)CN(c1ccc(C)cc1C)S(=O)(=O)c1ccccc1. The van der Waals surface area contributed by atoms with Gasteiger partial charge in [-0.1, -0.05) is 55.0 Å². The number of benzene rings is 3. The summed E-state index contributed by atoms with van der Waals surface area (Å²) in [5, 5.41) is 2.90. The van der Waals surface area contributed by atoms with E-state index in [9.17, 15) is 18.0 Å². The molecule has 0 aliphatic rings. The molecule has 1 atom stereocenters. The first-order chi connectivity index (χ1) is 19.0. The van der Waals surface area contributed by atoms with Gasteiger partial charge in [0.05, 0.1) is 17.7 Å². The number of nitrogens with one attached hydrogen (secondary N) is 1. The summed E-state index contributed by atoms with van der Waals surface area (Å²) in [4.78, 5) is 28.9. The number of rotatable bonds is 12. The molecule has 214 valence electrons. The van der Waals surface area contributed by atoms with Crippen molar-refractivity contribution < 1.29 is 22.7 Å². The molecule has 0 saturated carbocycles. The maximum atomic E-state index is 14.1. The molecule has 0 heterocycles. The Hall–Kier alpha value is -3.85. The second-order valence-corrected chi connectivity index (χ2v) is 11.9. The van der Waals surface area contributed by atoms with E-state index in [-0.39, 0.29) is 23.4 Å². The lowest BCUT2D eigenvalue weighted by Crippen LogP contribution is -2.53. The number of anilines is 1. The van der Waals surface area contributed by atoms with Crippen molar-refractivity contribution in [2.75, 3.05) is 18.0 Å². The van der Waals surface area contributed by atoms with Crippen LogP contribution >= 0.6 is 0 Å². The van der Waals surface area contributed by atoms with Gasteiger partial charge in [0.2, 0.25) is 11.8 Å². The molecular formula is C31H39N3O5S. The van der Waals surface area contributed by atoms with Crippen LogP contribution in [0.3, 0.4) is 0 Å². The molecule has 40 heavy (non-hydrogen) atoms. The summed E-state index contributed by atoms with van der Waals surface area (Å²) >= 11 is 0. The molecule has 0 aliphatic carbocycles. The van der Waals surface area contributed by atoms with E-state index in [1.165, 1.54) is 17.0 Å². The summed E-state index contributed by atoms with van der Waals surface area (Å²) < 4.78 is 34.4. The van der Waals surface area contributed by atoms with Crippen LogP contribution in [0.15, 0.2) is 77.7 Å². The average Bonchev–Trinajstić information content (AvgIpc) is 2.92.